The molecule has 0 fully saturated rings. The average Bonchev–Trinajstić information content (AvgIpc) is 2.15. The minimum atomic E-state index is 0.144. The Morgan fingerprint density at radius 1 is 0.846 bits per heavy atom. The summed E-state index contributed by atoms with van der Waals surface area (Å²) in [6, 6.07) is 0. The lowest BCUT2D eigenvalue weighted by molar-refractivity contribution is 0.330. The maximum Gasteiger partial charge on any atom is 0.0151 e. The second kappa shape index (κ2) is 7.37. The molecular weight excluding hydrogens is 158 g/mol. The number of hydrogen-bond donors (Lipinski definition) is 1. The molecular formula is C12H27N. The molecule has 0 aromatic carbocycles. The first-order chi connectivity index (χ1) is 6.18. The number of hydrogen-bond acceptors (Lipinski definition) is 1. The van der Waals surface area contributed by atoms with E-state index in [-0.39, 0.29) is 5.54 Å². The molecule has 0 heterocycles. The van der Waals surface area contributed by atoms with Crippen LogP contribution in [0.15, 0.2) is 0 Å². The Morgan fingerprint density at radius 3 is 1.85 bits per heavy atom. The molecule has 0 amide bonds. The van der Waals surface area contributed by atoms with Crippen molar-refractivity contribution in [2.45, 2.75) is 77.7 Å². The Morgan fingerprint density at radius 2 is 1.38 bits per heavy atom. The van der Waals surface area contributed by atoms with Crippen molar-refractivity contribution in [2.75, 3.05) is 0 Å². The molecule has 0 aliphatic heterocycles. The summed E-state index contributed by atoms with van der Waals surface area (Å²) in [7, 11) is 0. The minimum Gasteiger partial charge on any atom is -0.325 e. The molecule has 0 aromatic rings. The van der Waals surface area contributed by atoms with Gasteiger partial charge in [0.1, 0.15) is 0 Å². The third kappa shape index (κ3) is 6.09. The van der Waals surface area contributed by atoms with Gasteiger partial charge in [0.2, 0.25) is 0 Å². The predicted molar refractivity (Wildman–Crippen MR) is 60.9 cm³/mol. The second-order valence-electron chi connectivity index (χ2n) is 4.28. The van der Waals surface area contributed by atoms with Crippen LogP contribution in [0.4, 0.5) is 0 Å². The van der Waals surface area contributed by atoms with Crippen LogP contribution in [0, 0.1) is 0 Å². The molecule has 0 saturated heterocycles. The summed E-state index contributed by atoms with van der Waals surface area (Å²) in [4.78, 5) is 0. The first-order valence-corrected chi connectivity index (χ1v) is 5.97. The van der Waals surface area contributed by atoms with Crippen LogP contribution in [-0.4, -0.2) is 5.54 Å². The zero-order chi connectivity index (χ0) is 10.2. The molecule has 1 nitrogen and oxygen atoms in total. The normalized spacial score (nSPS) is 15.7. The summed E-state index contributed by atoms with van der Waals surface area (Å²) in [6.45, 7) is 6.71. The lowest BCUT2D eigenvalue weighted by Gasteiger charge is -2.28. The average molecular weight is 185 g/mol. The van der Waals surface area contributed by atoms with Gasteiger partial charge in [0.25, 0.3) is 0 Å². The topological polar surface area (TPSA) is 26.0 Å². The summed E-state index contributed by atoms with van der Waals surface area (Å²) >= 11 is 0. The zero-order valence-electron chi connectivity index (χ0n) is 9.73. The molecule has 0 rings (SSSR count). The van der Waals surface area contributed by atoms with Crippen molar-refractivity contribution in [3.63, 3.8) is 0 Å². The van der Waals surface area contributed by atoms with Crippen molar-refractivity contribution in [1.82, 2.24) is 0 Å². The zero-order valence-corrected chi connectivity index (χ0v) is 9.73. The van der Waals surface area contributed by atoms with E-state index in [0.29, 0.717) is 0 Å². The smallest absolute Gasteiger partial charge is 0.0151 e. The van der Waals surface area contributed by atoms with E-state index in [9.17, 15) is 0 Å². The molecule has 0 radical (unpaired) electrons. The van der Waals surface area contributed by atoms with E-state index in [1.807, 2.05) is 0 Å². The van der Waals surface area contributed by atoms with Crippen LogP contribution in [0.1, 0.15) is 72.1 Å². The third-order valence-corrected chi connectivity index (χ3v) is 3.01. The highest BCUT2D eigenvalue weighted by molar-refractivity contribution is 4.81. The van der Waals surface area contributed by atoms with E-state index in [0.717, 1.165) is 6.42 Å². The van der Waals surface area contributed by atoms with E-state index in [2.05, 4.69) is 20.8 Å². The Hall–Kier alpha value is -0.0400. The molecule has 0 saturated carbocycles. The maximum absolute atomic E-state index is 6.32. The monoisotopic (exact) mass is 185 g/mol. The van der Waals surface area contributed by atoms with Gasteiger partial charge in [0.05, 0.1) is 0 Å². The molecule has 2 N–H and O–H groups in total. The summed E-state index contributed by atoms with van der Waals surface area (Å²) < 4.78 is 0. The fraction of sp³-hybridized carbons (Fsp3) is 1.00. The van der Waals surface area contributed by atoms with Crippen LogP contribution in [0.2, 0.25) is 0 Å². The molecule has 0 aromatic heterocycles. The second-order valence-corrected chi connectivity index (χ2v) is 4.28. The van der Waals surface area contributed by atoms with Crippen LogP contribution < -0.4 is 5.73 Å². The van der Waals surface area contributed by atoms with Gasteiger partial charge in [-0.1, -0.05) is 52.9 Å². The Labute approximate surface area is 84.1 Å². The van der Waals surface area contributed by atoms with Gasteiger partial charge in [-0.3, -0.25) is 0 Å². The summed E-state index contributed by atoms with van der Waals surface area (Å²) in [5, 5.41) is 0. The molecule has 0 bridgehead atoms. The summed E-state index contributed by atoms with van der Waals surface area (Å²) in [5.41, 5.74) is 6.47. The maximum atomic E-state index is 6.32. The molecule has 1 atom stereocenters. The first kappa shape index (κ1) is 13.0. The molecule has 13 heavy (non-hydrogen) atoms. The number of rotatable bonds is 8. The lowest BCUT2D eigenvalue weighted by Crippen LogP contribution is -2.38. The number of unbranched alkanes of at least 4 members (excludes halogenated alkanes) is 3. The highest BCUT2D eigenvalue weighted by Gasteiger charge is 2.20. The van der Waals surface area contributed by atoms with Crippen molar-refractivity contribution in [3.8, 4) is 0 Å². The quantitative estimate of drug-likeness (QED) is 0.571. The molecule has 0 spiro atoms. The van der Waals surface area contributed by atoms with Crippen LogP contribution in [0.3, 0.4) is 0 Å². The van der Waals surface area contributed by atoms with Gasteiger partial charge in [-0.15, -0.1) is 0 Å². The molecule has 1 unspecified atom stereocenters. The SMILES string of the molecule is CCCCCC(N)(CC)CCCC. The predicted octanol–water partition coefficient (Wildman–Crippen LogP) is 3.86. The standard InChI is InChI=1S/C12H27N/c1-4-7-9-11-12(13,6-3)10-8-5-2/h4-11,13H2,1-3H3. The summed E-state index contributed by atoms with van der Waals surface area (Å²) in [5.74, 6) is 0. The van der Waals surface area contributed by atoms with Crippen LogP contribution >= 0.6 is 0 Å². The van der Waals surface area contributed by atoms with E-state index in [1.165, 1.54) is 44.9 Å². The minimum absolute atomic E-state index is 0.144. The van der Waals surface area contributed by atoms with Crippen LogP contribution in [0.5, 0.6) is 0 Å². The fourth-order valence-electron chi connectivity index (χ4n) is 1.73. The van der Waals surface area contributed by atoms with Gasteiger partial charge in [0, 0.05) is 5.54 Å². The van der Waals surface area contributed by atoms with E-state index < -0.39 is 0 Å². The first-order valence-electron chi connectivity index (χ1n) is 5.97. The fourth-order valence-corrected chi connectivity index (χ4v) is 1.73. The molecule has 0 aliphatic rings. The van der Waals surface area contributed by atoms with Crippen molar-refractivity contribution in [2.24, 2.45) is 5.73 Å². The van der Waals surface area contributed by atoms with Crippen LogP contribution in [-0.2, 0) is 0 Å². The van der Waals surface area contributed by atoms with Crippen molar-refractivity contribution in [3.05, 3.63) is 0 Å². The third-order valence-electron chi connectivity index (χ3n) is 3.01. The van der Waals surface area contributed by atoms with Crippen molar-refractivity contribution in [1.29, 1.82) is 0 Å². The Bertz CT molecular complexity index is 112. The Balaban J connectivity index is 3.67. The van der Waals surface area contributed by atoms with Crippen molar-refractivity contribution >= 4 is 0 Å². The van der Waals surface area contributed by atoms with Gasteiger partial charge in [-0.25, -0.2) is 0 Å². The van der Waals surface area contributed by atoms with E-state index >= 15 is 0 Å². The molecule has 1 heteroatoms. The van der Waals surface area contributed by atoms with E-state index in [1.54, 1.807) is 0 Å². The molecule has 0 aliphatic carbocycles. The van der Waals surface area contributed by atoms with Gasteiger partial charge in [0.15, 0.2) is 0 Å². The highest BCUT2D eigenvalue weighted by Crippen LogP contribution is 2.22. The van der Waals surface area contributed by atoms with Gasteiger partial charge < -0.3 is 5.73 Å². The largest absolute Gasteiger partial charge is 0.325 e. The van der Waals surface area contributed by atoms with E-state index in [4.69, 9.17) is 5.73 Å². The molecule has 80 valence electrons. The Kier molecular flexibility index (Phi) is 7.35. The van der Waals surface area contributed by atoms with Crippen LogP contribution in [0.25, 0.3) is 0 Å². The number of nitrogens with two attached hydrogens (primary N) is 1. The van der Waals surface area contributed by atoms with Gasteiger partial charge in [-0.05, 0) is 19.3 Å². The van der Waals surface area contributed by atoms with Crippen molar-refractivity contribution < 1.29 is 0 Å². The van der Waals surface area contributed by atoms with Gasteiger partial charge in [-0.2, -0.15) is 0 Å². The lowest BCUT2D eigenvalue weighted by atomic mass is 9.86. The van der Waals surface area contributed by atoms with Gasteiger partial charge >= 0.3 is 0 Å². The highest BCUT2D eigenvalue weighted by atomic mass is 14.7. The summed E-state index contributed by atoms with van der Waals surface area (Å²) in [6.07, 6.45) is 10.1.